The SMILES string of the molecule is CCC(C)CN(C)[C]=O. The molecular formula is C7H14NO. The highest BCUT2D eigenvalue weighted by molar-refractivity contribution is 5.47. The number of hydrogen-bond donors (Lipinski definition) is 0. The lowest BCUT2D eigenvalue weighted by atomic mass is 10.1. The van der Waals surface area contributed by atoms with E-state index in [0.29, 0.717) is 5.92 Å². The van der Waals surface area contributed by atoms with Gasteiger partial charge in [-0.15, -0.1) is 0 Å². The molecule has 1 atom stereocenters. The number of nitrogens with zero attached hydrogens (tertiary/aromatic N) is 1. The van der Waals surface area contributed by atoms with Gasteiger partial charge in [0.15, 0.2) is 0 Å². The maximum Gasteiger partial charge on any atom is 0.311 e. The molecule has 0 fully saturated rings. The van der Waals surface area contributed by atoms with Gasteiger partial charge < -0.3 is 4.90 Å². The van der Waals surface area contributed by atoms with Crippen LogP contribution < -0.4 is 0 Å². The summed E-state index contributed by atoms with van der Waals surface area (Å²) in [5.74, 6) is 0.594. The quantitative estimate of drug-likeness (QED) is 0.518. The summed E-state index contributed by atoms with van der Waals surface area (Å²) < 4.78 is 0. The topological polar surface area (TPSA) is 20.3 Å². The molecule has 0 aromatic heterocycles. The smallest absolute Gasteiger partial charge is 0.311 e. The summed E-state index contributed by atoms with van der Waals surface area (Å²) in [7, 11) is 1.75. The van der Waals surface area contributed by atoms with Gasteiger partial charge in [-0.05, 0) is 5.92 Å². The van der Waals surface area contributed by atoms with Crippen LogP contribution in [0.15, 0.2) is 0 Å². The van der Waals surface area contributed by atoms with Crippen LogP contribution in [0.2, 0.25) is 0 Å². The van der Waals surface area contributed by atoms with Crippen LogP contribution in [0.5, 0.6) is 0 Å². The molecule has 0 heterocycles. The van der Waals surface area contributed by atoms with Crippen molar-refractivity contribution in [2.75, 3.05) is 13.6 Å². The van der Waals surface area contributed by atoms with Crippen LogP contribution in [-0.4, -0.2) is 24.9 Å². The second kappa shape index (κ2) is 4.36. The van der Waals surface area contributed by atoms with Crippen molar-refractivity contribution >= 4 is 6.41 Å². The molecule has 0 aromatic rings. The van der Waals surface area contributed by atoms with Gasteiger partial charge in [0.2, 0.25) is 0 Å². The molecule has 0 bridgehead atoms. The molecule has 0 spiro atoms. The lowest BCUT2D eigenvalue weighted by molar-refractivity contribution is 0.370. The van der Waals surface area contributed by atoms with Crippen molar-refractivity contribution in [2.24, 2.45) is 5.92 Å². The number of amides is 1. The lowest BCUT2D eigenvalue weighted by Gasteiger charge is -2.13. The van der Waals surface area contributed by atoms with E-state index >= 15 is 0 Å². The molecule has 0 aromatic carbocycles. The zero-order valence-corrected chi connectivity index (χ0v) is 6.35. The molecule has 9 heavy (non-hydrogen) atoms. The average Bonchev–Trinajstić information content (AvgIpc) is 1.87. The Kier molecular flexibility index (Phi) is 4.10. The Morgan fingerprint density at radius 1 is 1.67 bits per heavy atom. The first-order valence-corrected chi connectivity index (χ1v) is 3.29. The molecule has 0 aliphatic rings. The molecule has 1 radical (unpaired) electrons. The van der Waals surface area contributed by atoms with Crippen LogP contribution in [0.3, 0.4) is 0 Å². The normalized spacial score (nSPS) is 12.8. The van der Waals surface area contributed by atoms with E-state index < -0.39 is 0 Å². The van der Waals surface area contributed by atoms with Crippen molar-refractivity contribution in [2.45, 2.75) is 20.3 Å². The molecule has 0 saturated carbocycles. The Morgan fingerprint density at radius 2 is 2.22 bits per heavy atom. The summed E-state index contributed by atoms with van der Waals surface area (Å²) in [5, 5.41) is 0. The monoisotopic (exact) mass is 128 g/mol. The molecule has 0 N–H and O–H groups in total. The van der Waals surface area contributed by atoms with Crippen LogP contribution in [0.25, 0.3) is 0 Å². The standard InChI is InChI=1S/C7H14NO/c1-4-7(2)5-8(3)6-9/h7H,4-5H2,1-3H3. The summed E-state index contributed by atoms with van der Waals surface area (Å²) in [6.45, 7) is 5.05. The van der Waals surface area contributed by atoms with Crippen molar-refractivity contribution in [3.8, 4) is 0 Å². The minimum Gasteiger partial charge on any atom is -0.337 e. The van der Waals surface area contributed by atoms with Gasteiger partial charge in [0.25, 0.3) is 0 Å². The number of carbonyl (C=O) groups excluding carboxylic acids is 1. The third-order valence-electron chi connectivity index (χ3n) is 1.44. The van der Waals surface area contributed by atoms with Crippen molar-refractivity contribution in [3.63, 3.8) is 0 Å². The highest BCUT2D eigenvalue weighted by Gasteiger charge is 2.00. The van der Waals surface area contributed by atoms with E-state index in [1.54, 1.807) is 11.9 Å². The molecule has 1 amide bonds. The van der Waals surface area contributed by atoms with Gasteiger partial charge in [0.1, 0.15) is 0 Å². The maximum atomic E-state index is 9.96. The number of hydrogen-bond acceptors (Lipinski definition) is 1. The van der Waals surface area contributed by atoms with Crippen molar-refractivity contribution in [1.82, 2.24) is 4.90 Å². The highest BCUT2D eigenvalue weighted by Crippen LogP contribution is 2.00. The summed E-state index contributed by atoms with van der Waals surface area (Å²) in [6, 6.07) is 0. The Labute approximate surface area is 56.9 Å². The van der Waals surface area contributed by atoms with Crippen LogP contribution in [-0.2, 0) is 4.79 Å². The Balaban J connectivity index is 3.33. The first-order valence-electron chi connectivity index (χ1n) is 3.29. The summed E-state index contributed by atoms with van der Waals surface area (Å²) in [6.07, 6.45) is 2.93. The predicted molar refractivity (Wildman–Crippen MR) is 37.8 cm³/mol. The molecule has 0 aliphatic carbocycles. The van der Waals surface area contributed by atoms with E-state index in [0.717, 1.165) is 13.0 Å². The van der Waals surface area contributed by atoms with Crippen LogP contribution in [0.1, 0.15) is 20.3 Å². The minimum absolute atomic E-state index is 0.594. The number of rotatable bonds is 4. The second-order valence-electron chi connectivity index (χ2n) is 2.49. The molecule has 53 valence electrons. The second-order valence-corrected chi connectivity index (χ2v) is 2.49. The van der Waals surface area contributed by atoms with Crippen molar-refractivity contribution < 1.29 is 4.79 Å². The zero-order chi connectivity index (χ0) is 7.28. The Bertz CT molecular complexity index is 83.0. The minimum atomic E-state index is 0.594. The molecule has 2 nitrogen and oxygen atoms in total. The Morgan fingerprint density at radius 3 is 2.56 bits per heavy atom. The lowest BCUT2D eigenvalue weighted by Crippen LogP contribution is -2.22. The van der Waals surface area contributed by atoms with Gasteiger partial charge in [-0.1, -0.05) is 20.3 Å². The van der Waals surface area contributed by atoms with Gasteiger partial charge in [-0.2, -0.15) is 0 Å². The van der Waals surface area contributed by atoms with E-state index in [1.807, 2.05) is 6.41 Å². The molecule has 0 aliphatic heterocycles. The third kappa shape index (κ3) is 4.01. The van der Waals surface area contributed by atoms with Crippen LogP contribution >= 0.6 is 0 Å². The summed E-state index contributed by atoms with van der Waals surface area (Å²) in [5.41, 5.74) is 0. The highest BCUT2D eigenvalue weighted by atomic mass is 16.1. The van der Waals surface area contributed by atoms with Gasteiger partial charge in [-0.3, -0.25) is 4.79 Å². The average molecular weight is 128 g/mol. The molecule has 1 unspecified atom stereocenters. The van der Waals surface area contributed by atoms with Gasteiger partial charge in [0.05, 0.1) is 0 Å². The van der Waals surface area contributed by atoms with Crippen LogP contribution in [0, 0.1) is 5.92 Å². The van der Waals surface area contributed by atoms with Crippen LogP contribution in [0.4, 0.5) is 0 Å². The van der Waals surface area contributed by atoms with Gasteiger partial charge in [-0.25, -0.2) is 0 Å². The van der Waals surface area contributed by atoms with E-state index in [1.165, 1.54) is 0 Å². The van der Waals surface area contributed by atoms with Crippen molar-refractivity contribution in [3.05, 3.63) is 0 Å². The van der Waals surface area contributed by atoms with Gasteiger partial charge in [0, 0.05) is 13.6 Å². The zero-order valence-electron chi connectivity index (χ0n) is 6.35. The van der Waals surface area contributed by atoms with E-state index in [2.05, 4.69) is 13.8 Å². The fraction of sp³-hybridized carbons (Fsp3) is 0.857. The molecule has 0 saturated heterocycles. The fourth-order valence-corrected chi connectivity index (χ4v) is 0.634. The molecular weight excluding hydrogens is 114 g/mol. The largest absolute Gasteiger partial charge is 0.337 e. The van der Waals surface area contributed by atoms with Gasteiger partial charge >= 0.3 is 6.41 Å². The predicted octanol–water partition coefficient (Wildman–Crippen LogP) is 1.03. The van der Waals surface area contributed by atoms with Crippen molar-refractivity contribution in [1.29, 1.82) is 0 Å². The van der Waals surface area contributed by atoms with E-state index in [9.17, 15) is 4.79 Å². The third-order valence-corrected chi connectivity index (χ3v) is 1.44. The first-order chi connectivity index (χ1) is 4.20. The summed E-state index contributed by atoms with van der Waals surface area (Å²) in [4.78, 5) is 11.5. The Hall–Kier alpha value is -0.530. The fourth-order valence-electron chi connectivity index (χ4n) is 0.634. The molecule has 0 rings (SSSR count). The maximum absolute atomic E-state index is 9.96. The summed E-state index contributed by atoms with van der Waals surface area (Å²) >= 11 is 0. The molecule has 2 heteroatoms. The van der Waals surface area contributed by atoms with E-state index in [-0.39, 0.29) is 0 Å². The first kappa shape index (κ1) is 8.47. The van der Waals surface area contributed by atoms with E-state index in [4.69, 9.17) is 0 Å².